The van der Waals surface area contributed by atoms with Crippen LogP contribution in [0, 0.1) is 5.82 Å². The van der Waals surface area contributed by atoms with E-state index in [0.717, 1.165) is 0 Å². The van der Waals surface area contributed by atoms with Crippen LogP contribution in [0.2, 0.25) is 0 Å². The molecule has 1 heterocycles. The molecular formula is C16H22FN3O2S. The van der Waals surface area contributed by atoms with Crippen LogP contribution in [0.1, 0.15) is 20.8 Å². The lowest BCUT2D eigenvalue weighted by atomic mass is 10.2. The van der Waals surface area contributed by atoms with E-state index in [1.807, 2.05) is 25.7 Å². The zero-order chi connectivity index (χ0) is 17.0. The Hall–Kier alpha value is -1.89. The van der Waals surface area contributed by atoms with Crippen molar-refractivity contribution >= 4 is 29.1 Å². The maximum Gasteiger partial charge on any atom is 0.410 e. The summed E-state index contributed by atoms with van der Waals surface area (Å²) in [5.74, 6) is -0.312. The standard InChI is InChI=1S/C16H22FN3O2S/c1-16(2,3)22-15(21)20-9-7-19(8-10-20)14(23)18-13-6-4-5-12(17)11-13/h4-6,11H,7-10H2,1-3H3,(H,18,23). The summed E-state index contributed by atoms with van der Waals surface area (Å²) < 4.78 is 18.5. The number of nitrogens with zero attached hydrogens (tertiary/aromatic N) is 2. The van der Waals surface area contributed by atoms with Crippen molar-refractivity contribution in [3.63, 3.8) is 0 Å². The molecule has 0 aromatic heterocycles. The molecule has 0 aliphatic carbocycles. The summed E-state index contributed by atoms with van der Waals surface area (Å²) in [5, 5.41) is 3.54. The summed E-state index contributed by atoms with van der Waals surface area (Å²) in [6.45, 7) is 7.85. The number of benzene rings is 1. The van der Waals surface area contributed by atoms with Crippen molar-refractivity contribution in [3.05, 3.63) is 30.1 Å². The van der Waals surface area contributed by atoms with E-state index < -0.39 is 5.60 Å². The predicted octanol–water partition coefficient (Wildman–Crippen LogP) is 3.08. The molecule has 0 bridgehead atoms. The molecule has 23 heavy (non-hydrogen) atoms. The maximum atomic E-state index is 13.2. The van der Waals surface area contributed by atoms with Crippen LogP contribution in [-0.4, -0.2) is 52.8 Å². The molecule has 0 unspecified atom stereocenters. The van der Waals surface area contributed by atoms with E-state index in [2.05, 4.69) is 5.32 Å². The molecule has 1 aliphatic heterocycles. The number of hydrogen-bond acceptors (Lipinski definition) is 3. The fourth-order valence-electron chi connectivity index (χ4n) is 2.19. The van der Waals surface area contributed by atoms with Crippen molar-refractivity contribution in [2.24, 2.45) is 0 Å². The monoisotopic (exact) mass is 339 g/mol. The summed E-state index contributed by atoms with van der Waals surface area (Å²) in [4.78, 5) is 15.6. The lowest BCUT2D eigenvalue weighted by Crippen LogP contribution is -2.52. The molecule has 126 valence electrons. The lowest BCUT2D eigenvalue weighted by molar-refractivity contribution is 0.0188. The normalized spacial score (nSPS) is 15.3. The van der Waals surface area contributed by atoms with Crippen molar-refractivity contribution in [3.8, 4) is 0 Å². The molecule has 2 rings (SSSR count). The first-order valence-corrected chi connectivity index (χ1v) is 7.95. The van der Waals surface area contributed by atoms with Crippen LogP contribution in [0.4, 0.5) is 14.9 Å². The van der Waals surface area contributed by atoms with E-state index in [0.29, 0.717) is 37.0 Å². The van der Waals surface area contributed by atoms with Gasteiger partial charge in [-0.1, -0.05) is 6.07 Å². The highest BCUT2D eigenvalue weighted by atomic mass is 32.1. The van der Waals surface area contributed by atoms with Crippen LogP contribution in [-0.2, 0) is 4.74 Å². The van der Waals surface area contributed by atoms with Crippen molar-refractivity contribution in [2.75, 3.05) is 31.5 Å². The number of hydrogen-bond donors (Lipinski definition) is 1. The fraction of sp³-hybridized carbons (Fsp3) is 0.500. The topological polar surface area (TPSA) is 44.8 Å². The Morgan fingerprint density at radius 3 is 2.39 bits per heavy atom. The molecule has 0 atom stereocenters. The molecular weight excluding hydrogens is 317 g/mol. The summed E-state index contributed by atoms with van der Waals surface area (Å²) in [6, 6.07) is 6.16. The zero-order valence-corrected chi connectivity index (χ0v) is 14.5. The molecule has 1 N–H and O–H groups in total. The molecule has 5 nitrogen and oxygen atoms in total. The molecule has 0 spiro atoms. The van der Waals surface area contributed by atoms with Gasteiger partial charge in [-0.05, 0) is 51.2 Å². The van der Waals surface area contributed by atoms with Gasteiger partial charge in [-0.3, -0.25) is 0 Å². The number of ether oxygens (including phenoxy) is 1. The van der Waals surface area contributed by atoms with Gasteiger partial charge in [0.05, 0.1) is 0 Å². The third kappa shape index (κ3) is 5.35. The first-order chi connectivity index (χ1) is 10.7. The van der Waals surface area contributed by atoms with Gasteiger partial charge in [0.2, 0.25) is 0 Å². The minimum atomic E-state index is -0.498. The molecule has 0 saturated carbocycles. The molecule has 7 heteroatoms. The summed E-state index contributed by atoms with van der Waals surface area (Å²) in [5.41, 5.74) is 0.118. The highest BCUT2D eigenvalue weighted by Gasteiger charge is 2.26. The highest BCUT2D eigenvalue weighted by molar-refractivity contribution is 7.80. The maximum absolute atomic E-state index is 13.2. The SMILES string of the molecule is CC(C)(C)OC(=O)N1CCN(C(=S)Nc2cccc(F)c2)CC1. The van der Waals surface area contributed by atoms with Crippen LogP contribution in [0.25, 0.3) is 0 Å². The number of anilines is 1. The van der Waals surface area contributed by atoms with Gasteiger partial charge in [0.15, 0.2) is 5.11 Å². The minimum Gasteiger partial charge on any atom is -0.444 e. The number of carbonyl (C=O) groups excluding carboxylic acids is 1. The van der Waals surface area contributed by atoms with Gasteiger partial charge < -0.3 is 19.9 Å². The Kier molecular flexibility index (Phi) is 5.41. The van der Waals surface area contributed by atoms with Gasteiger partial charge in [0, 0.05) is 31.9 Å². The quantitative estimate of drug-likeness (QED) is 0.797. The molecule has 0 radical (unpaired) electrons. The van der Waals surface area contributed by atoms with Crippen LogP contribution in [0.5, 0.6) is 0 Å². The number of halogens is 1. The Balaban J connectivity index is 1.84. The third-order valence-corrected chi connectivity index (χ3v) is 3.65. The summed E-state index contributed by atoms with van der Waals surface area (Å²) >= 11 is 5.35. The fourth-order valence-corrected chi connectivity index (χ4v) is 2.49. The van der Waals surface area contributed by atoms with Gasteiger partial charge in [-0.2, -0.15) is 0 Å². The summed E-state index contributed by atoms with van der Waals surface area (Å²) in [6.07, 6.45) is -0.304. The van der Waals surface area contributed by atoms with Crippen molar-refractivity contribution < 1.29 is 13.9 Å². The molecule has 1 aliphatic rings. The number of thiocarbonyl (C=S) groups is 1. The molecule has 1 amide bonds. The molecule has 1 fully saturated rings. The number of nitrogens with one attached hydrogen (secondary N) is 1. The Bertz CT molecular complexity index is 581. The molecule has 1 aromatic carbocycles. The largest absolute Gasteiger partial charge is 0.444 e. The second-order valence-corrected chi connectivity index (χ2v) is 6.78. The van der Waals surface area contributed by atoms with Crippen molar-refractivity contribution in [2.45, 2.75) is 26.4 Å². The smallest absolute Gasteiger partial charge is 0.410 e. The van der Waals surface area contributed by atoms with Gasteiger partial charge in [0.25, 0.3) is 0 Å². The van der Waals surface area contributed by atoms with E-state index in [1.54, 1.807) is 17.0 Å². The van der Waals surface area contributed by atoms with E-state index in [9.17, 15) is 9.18 Å². The van der Waals surface area contributed by atoms with Crippen molar-refractivity contribution in [1.29, 1.82) is 0 Å². The first-order valence-electron chi connectivity index (χ1n) is 7.54. The van der Waals surface area contributed by atoms with Crippen molar-refractivity contribution in [1.82, 2.24) is 9.80 Å². The van der Waals surface area contributed by atoms with Gasteiger partial charge in [-0.15, -0.1) is 0 Å². The zero-order valence-electron chi connectivity index (χ0n) is 13.6. The lowest BCUT2D eigenvalue weighted by Gasteiger charge is -2.36. The first kappa shape index (κ1) is 17.5. The average Bonchev–Trinajstić information content (AvgIpc) is 2.45. The Labute approximate surface area is 141 Å². The second kappa shape index (κ2) is 7.12. The Morgan fingerprint density at radius 2 is 1.83 bits per heavy atom. The van der Waals surface area contributed by atoms with Crippen LogP contribution in [0.3, 0.4) is 0 Å². The van der Waals surface area contributed by atoms with Gasteiger partial charge in [0.1, 0.15) is 11.4 Å². The highest BCUT2D eigenvalue weighted by Crippen LogP contribution is 2.14. The third-order valence-electron chi connectivity index (χ3n) is 3.29. The summed E-state index contributed by atoms with van der Waals surface area (Å²) in [7, 11) is 0. The van der Waals surface area contributed by atoms with Gasteiger partial charge >= 0.3 is 6.09 Å². The number of piperazine rings is 1. The van der Waals surface area contributed by atoms with Crippen LogP contribution >= 0.6 is 12.2 Å². The van der Waals surface area contributed by atoms with E-state index >= 15 is 0 Å². The predicted molar refractivity (Wildman–Crippen MR) is 92.0 cm³/mol. The molecule has 1 saturated heterocycles. The van der Waals surface area contributed by atoms with E-state index in [1.165, 1.54) is 12.1 Å². The van der Waals surface area contributed by atoms with Gasteiger partial charge in [-0.25, -0.2) is 9.18 Å². The Morgan fingerprint density at radius 1 is 1.22 bits per heavy atom. The minimum absolute atomic E-state index is 0.304. The average molecular weight is 339 g/mol. The van der Waals surface area contributed by atoms with Crippen LogP contribution < -0.4 is 5.32 Å². The number of rotatable bonds is 1. The van der Waals surface area contributed by atoms with Crippen LogP contribution in [0.15, 0.2) is 24.3 Å². The number of carbonyl (C=O) groups is 1. The number of amides is 1. The molecule has 1 aromatic rings. The van der Waals surface area contributed by atoms with E-state index in [4.69, 9.17) is 17.0 Å². The van der Waals surface area contributed by atoms with E-state index in [-0.39, 0.29) is 11.9 Å². The second-order valence-electron chi connectivity index (χ2n) is 6.39.